The number of thioether (sulfide) groups is 1. The normalized spacial score (nSPS) is 21.8. The number of hydrogen-bond acceptors (Lipinski definition) is 5. The zero-order valence-corrected chi connectivity index (χ0v) is 23.2. The molecule has 1 amide bonds. The van der Waals surface area contributed by atoms with E-state index in [1.807, 2.05) is 83.8 Å². The number of aliphatic imine (C=N–C) groups is 1. The van der Waals surface area contributed by atoms with Crippen LogP contribution in [0.5, 0.6) is 11.5 Å². The van der Waals surface area contributed by atoms with E-state index in [1.54, 1.807) is 7.11 Å². The lowest BCUT2D eigenvalue weighted by Crippen LogP contribution is -2.44. The van der Waals surface area contributed by atoms with Crippen LogP contribution in [0, 0.1) is 5.92 Å². The van der Waals surface area contributed by atoms with Gasteiger partial charge in [-0.15, -0.1) is 0 Å². The molecule has 3 aromatic carbocycles. The van der Waals surface area contributed by atoms with Gasteiger partial charge >= 0.3 is 0 Å². The highest BCUT2D eigenvalue weighted by atomic mass is 35.5. The molecule has 0 unspecified atom stereocenters. The van der Waals surface area contributed by atoms with Gasteiger partial charge in [-0.05, 0) is 84.1 Å². The van der Waals surface area contributed by atoms with Crippen LogP contribution >= 0.6 is 23.4 Å². The van der Waals surface area contributed by atoms with Crippen molar-refractivity contribution in [3.63, 3.8) is 0 Å². The molecule has 38 heavy (non-hydrogen) atoms. The van der Waals surface area contributed by atoms with E-state index >= 15 is 0 Å². The molecule has 7 heteroatoms. The van der Waals surface area contributed by atoms with Crippen molar-refractivity contribution < 1.29 is 14.3 Å². The zero-order valence-electron chi connectivity index (χ0n) is 21.6. The second kappa shape index (κ2) is 12.1. The number of methoxy groups -OCH3 is 1. The van der Waals surface area contributed by atoms with Gasteiger partial charge < -0.3 is 9.47 Å². The lowest BCUT2D eigenvalue weighted by atomic mass is 9.85. The molecular formula is C31H31ClN2O3S. The molecule has 1 heterocycles. The maximum absolute atomic E-state index is 13.8. The lowest BCUT2D eigenvalue weighted by molar-refractivity contribution is -0.124. The Labute approximate surface area is 233 Å². The Bertz CT molecular complexity index is 1340. The fourth-order valence-corrected chi connectivity index (χ4v) is 6.11. The second-order valence-electron chi connectivity index (χ2n) is 9.67. The summed E-state index contributed by atoms with van der Waals surface area (Å²) in [6.07, 6.45) is 6.41. The van der Waals surface area contributed by atoms with Crippen molar-refractivity contribution in [2.24, 2.45) is 10.9 Å². The van der Waals surface area contributed by atoms with Crippen molar-refractivity contribution in [1.82, 2.24) is 4.90 Å². The Morgan fingerprint density at radius 3 is 2.53 bits per heavy atom. The number of ether oxygens (including phenoxy) is 2. The van der Waals surface area contributed by atoms with E-state index in [2.05, 4.69) is 6.92 Å². The van der Waals surface area contributed by atoms with Crippen LogP contribution in [0.25, 0.3) is 6.08 Å². The SMILES string of the molecule is COc1cc(/C=C2\SC(=Nc3ccccc3)N([C@H]3CCCC[C@@H]3C)C2=O)ccc1OCc1ccc(Cl)cc1. The summed E-state index contributed by atoms with van der Waals surface area (Å²) in [7, 11) is 1.62. The largest absolute Gasteiger partial charge is 0.493 e. The molecule has 0 bridgehead atoms. The minimum absolute atomic E-state index is 0.0189. The van der Waals surface area contributed by atoms with Gasteiger partial charge in [0.2, 0.25) is 0 Å². The molecule has 0 radical (unpaired) electrons. The van der Waals surface area contributed by atoms with Crippen LogP contribution in [-0.4, -0.2) is 29.1 Å². The van der Waals surface area contributed by atoms with E-state index in [9.17, 15) is 4.79 Å². The van der Waals surface area contributed by atoms with Gasteiger partial charge in [-0.25, -0.2) is 4.99 Å². The van der Waals surface area contributed by atoms with E-state index in [4.69, 9.17) is 26.1 Å². The van der Waals surface area contributed by atoms with Gasteiger partial charge in [-0.2, -0.15) is 0 Å². The third kappa shape index (κ3) is 6.08. The predicted molar refractivity (Wildman–Crippen MR) is 156 cm³/mol. The maximum Gasteiger partial charge on any atom is 0.267 e. The van der Waals surface area contributed by atoms with Crippen molar-refractivity contribution in [3.8, 4) is 11.5 Å². The topological polar surface area (TPSA) is 51.1 Å². The van der Waals surface area contributed by atoms with Crippen LogP contribution in [0.3, 0.4) is 0 Å². The van der Waals surface area contributed by atoms with Crippen LogP contribution in [-0.2, 0) is 11.4 Å². The van der Waals surface area contributed by atoms with Gasteiger partial charge in [0.1, 0.15) is 6.61 Å². The van der Waals surface area contributed by atoms with Crippen LogP contribution in [0.4, 0.5) is 5.69 Å². The molecule has 5 nitrogen and oxygen atoms in total. The van der Waals surface area contributed by atoms with Gasteiger partial charge in [0, 0.05) is 11.1 Å². The van der Waals surface area contributed by atoms with Crippen LogP contribution in [0.2, 0.25) is 5.02 Å². The summed E-state index contributed by atoms with van der Waals surface area (Å²) in [5, 5.41) is 1.44. The van der Waals surface area contributed by atoms with E-state index in [0.29, 0.717) is 34.0 Å². The minimum Gasteiger partial charge on any atom is -0.493 e. The summed E-state index contributed by atoms with van der Waals surface area (Å²) in [5.74, 6) is 1.70. The Morgan fingerprint density at radius 1 is 1.03 bits per heavy atom. The number of para-hydroxylation sites is 1. The second-order valence-corrected chi connectivity index (χ2v) is 11.1. The number of benzene rings is 3. The van der Waals surface area contributed by atoms with Gasteiger partial charge in [0.15, 0.2) is 16.7 Å². The standard InChI is InChI=1S/C31H31ClN2O3S/c1-21-8-6-7-11-26(21)34-30(35)29(38-31(34)33-25-9-4-3-5-10-25)19-23-14-17-27(28(18-23)36-2)37-20-22-12-15-24(32)16-13-22/h3-5,9-10,12-19,21,26H,6-8,11,20H2,1-2H3/b29-19-,33-31?/t21-,26-/m0/s1. The summed E-state index contributed by atoms with van der Waals surface area (Å²) in [6.45, 7) is 2.65. The highest BCUT2D eigenvalue weighted by molar-refractivity contribution is 8.18. The molecule has 1 saturated carbocycles. The van der Waals surface area contributed by atoms with Crippen molar-refractivity contribution in [1.29, 1.82) is 0 Å². The molecule has 2 fully saturated rings. The van der Waals surface area contributed by atoms with Gasteiger partial charge in [0.25, 0.3) is 5.91 Å². The van der Waals surface area contributed by atoms with E-state index in [1.165, 1.54) is 18.2 Å². The highest BCUT2D eigenvalue weighted by Gasteiger charge is 2.41. The predicted octanol–water partition coefficient (Wildman–Crippen LogP) is 8.11. The minimum atomic E-state index is 0.0189. The van der Waals surface area contributed by atoms with Gasteiger partial charge in [0.05, 0.1) is 17.7 Å². The van der Waals surface area contributed by atoms with E-state index in [-0.39, 0.29) is 11.9 Å². The number of carbonyl (C=O) groups excluding carboxylic acids is 1. The van der Waals surface area contributed by atoms with Crippen molar-refractivity contribution in [3.05, 3.63) is 93.9 Å². The number of rotatable bonds is 7. The molecule has 5 rings (SSSR count). The third-order valence-corrected chi connectivity index (χ3v) is 8.24. The number of hydrogen-bond donors (Lipinski definition) is 0. The van der Waals surface area contributed by atoms with Crippen LogP contribution < -0.4 is 9.47 Å². The Balaban J connectivity index is 1.40. The zero-order chi connectivity index (χ0) is 26.5. The number of nitrogens with zero attached hydrogens (tertiary/aromatic N) is 2. The van der Waals surface area contributed by atoms with E-state index in [0.717, 1.165) is 41.2 Å². The maximum atomic E-state index is 13.8. The Hall–Kier alpha value is -3.22. The average molecular weight is 547 g/mol. The lowest BCUT2D eigenvalue weighted by Gasteiger charge is -2.35. The highest BCUT2D eigenvalue weighted by Crippen LogP contribution is 2.40. The first-order valence-electron chi connectivity index (χ1n) is 12.9. The fourth-order valence-electron chi connectivity index (χ4n) is 4.94. The molecule has 1 aliphatic carbocycles. The molecular weight excluding hydrogens is 516 g/mol. The molecule has 0 N–H and O–H groups in total. The van der Waals surface area contributed by atoms with Gasteiger partial charge in [-0.3, -0.25) is 9.69 Å². The first-order valence-corrected chi connectivity index (χ1v) is 14.1. The Morgan fingerprint density at radius 2 is 1.79 bits per heavy atom. The number of halogens is 1. The number of amides is 1. The first kappa shape index (κ1) is 26.4. The molecule has 2 aliphatic rings. The first-order chi connectivity index (χ1) is 18.5. The van der Waals surface area contributed by atoms with Crippen LogP contribution in [0.1, 0.15) is 43.7 Å². The summed E-state index contributed by atoms with van der Waals surface area (Å²) in [5.41, 5.74) is 2.73. The van der Waals surface area contributed by atoms with Crippen LogP contribution in [0.15, 0.2) is 82.7 Å². The smallest absolute Gasteiger partial charge is 0.267 e. The monoisotopic (exact) mass is 546 g/mol. The molecule has 1 aliphatic heterocycles. The summed E-state index contributed by atoms with van der Waals surface area (Å²) >= 11 is 7.42. The summed E-state index contributed by atoms with van der Waals surface area (Å²) in [6, 6.07) is 23.3. The number of carbonyl (C=O) groups is 1. The van der Waals surface area contributed by atoms with Crippen molar-refractivity contribution in [2.75, 3.05) is 7.11 Å². The number of amidine groups is 1. The third-order valence-electron chi connectivity index (χ3n) is 7.01. The molecule has 196 valence electrons. The van der Waals surface area contributed by atoms with E-state index < -0.39 is 0 Å². The molecule has 1 saturated heterocycles. The summed E-state index contributed by atoms with van der Waals surface area (Å²) < 4.78 is 11.6. The molecule has 2 atom stereocenters. The quantitative estimate of drug-likeness (QED) is 0.281. The Kier molecular flexibility index (Phi) is 8.40. The molecule has 0 spiro atoms. The molecule has 3 aromatic rings. The van der Waals surface area contributed by atoms with Crippen molar-refractivity contribution >= 4 is 46.2 Å². The van der Waals surface area contributed by atoms with Crippen molar-refractivity contribution in [2.45, 2.75) is 45.3 Å². The summed E-state index contributed by atoms with van der Waals surface area (Å²) in [4.78, 5) is 21.2. The van der Waals surface area contributed by atoms with Gasteiger partial charge in [-0.1, -0.05) is 67.8 Å². The average Bonchev–Trinajstić information content (AvgIpc) is 3.23. The fraction of sp³-hybridized carbons (Fsp3) is 0.290. The molecule has 0 aromatic heterocycles.